The summed E-state index contributed by atoms with van der Waals surface area (Å²) in [5.74, 6) is -0.669. The average molecular weight is 473 g/mol. The van der Waals surface area contributed by atoms with Crippen molar-refractivity contribution >= 4 is 37.6 Å². The fourth-order valence-corrected chi connectivity index (χ4v) is 6.48. The van der Waals surface area contributed by atoms with Gasteiger partial charge < -0.3 is 4.74 Å². The topological polar surface area (TPSA) is 110 Å². The lowest BCUT2D eigenvalue weighted by Gasteiger charge is -2.31. The Labute approximate surface area is 180 Å². The zero-order chi connectivity index (χ0) is 21.9. The SMILES string of the molecule is COC(=O)c1ccc(Cl)c(S(=O)(=O)N2CCC(NS(=O)(=O)c3ccccc3)CC2)c1. The minimum Gasteiger partial charge on any atom is -0.465 e. The first-order valence-corrected chi connectivity index (χ1v) is 12.4. The fourth-order valence-electron chi connectivity index (χ4n) is 3.19. The maximum absolute atomic E-state index is 13.0. The highest BCUT2D eigenvalue weighted by Crippen LogP contribution is 2.28. The van der Waals surface area contributed by atoms with Crippen molar-refractivity contribution in [2.45, 2.75) is 28.7 Å². The molecule has 11 heteroatoms. The molecule has 1 saturated heterocycles. The number of nitrogens with zero attached hydrogens (tertiary/aromatic N) is 1. The van der Waals surface area contributed by atoms with Gasteiger partial charge in [0.2, 0.25) is 20.0 Å². The molecular weight excluding hydrogens is 452 g/mol. The highest BCUT2D eigenvalue weighted by Gasteiger charge is 2.33. The second-order valence-corrected chi connectivity index (χ2v) is 10.8. The Bertz CT molecular complexity index is 1130. The molecular formula is C19H21ClN2O6S2. The molecule has 1 N–H and O–H groups in total. The Kier molecular flexibility index (Phi) is 6.83. The third kappa shape index (κ3) is 4.84. The number of halogens is 1. The molecule has 1 fully saturated rings. The summed E-state index contributed by atoms with van der Waals surface area (Å²) in [5, 5.41) is -0.00504. The summed E-state index contributed by atoms with van der Waals surface area (Å²) < 4.78 is 59.5. The Morgan fingerprint density at radius 3 is 2.30 bits per heavy atom. The molecule has 1 heterocycles. The van der Waals surface area contributed by atoms with Crippen LogP contribution in [0.15, 0.2) is 58.3 Å². The van der Waals surface area contributed by atoms with Gasteiger partial charge in [-0.2, -0.15) is 4.31 Å². The maximum Gasteiger partial charge on any atom is 0.337 e. The van der Waals surface area contributed by atoms with Crippen molar-refractivity contribution in [3.63, 3.8) is 0 Å². The first kappa shape index (κ1) is 22.7. The number of hydrogen-bond acceptors (Lipinski definition) is 6. The van der Waals surface area contributed by atoms with E-state index in [-0.39, 0.29) is 33.5 Å². The quantitative estimate of drug-likeness (QED) is 0.646. The summed E-state index contributed by atoms with van der Waals surface area (Å²) in [6.45, 7) is 0.228. The number of rotatable bonds is 6. The minimum atomic E-state index is -3.96. The molecule has 0 radical (unpaired) electrons. The normalized spacial score (nSPS) is 16.3. The van der Waals surface area contributed by atoms with Gasteiger partial charge in [-0.05, 0) is 43.2 Å². The predicted molar refractivity (Wildman–Crippen MR) is 111 cm³/mol. The number of carbonyl (C=O) groups is 1. The molecule has 8 nitrogen and oxygen atoms in total. The number of ether oxygens (including phenoxy) is 1. The Balaban J connectivity index is 1.72. The molecule has 3 rings (SSSR count). The van der Waals surface area contributed by atoms with Crippen LogP contribution in [-0.4, -0.2) is 53.4 Å². The van der Waals surface area contributed by atoms with Gasteiger partial charge in [0.05, 0.1) is 22.6 Å². The van der Waals surface area contributed by atoms with Crippen molar-refractivity contribution in [1.29, 1.82) is 0 Å². The van der Waals surface area contributed by atoms with E-state index in [0.717, 1.165) is 0 Å². The van der Waals surface area contributed by atoms with Crippen molar-refractivity contribution in [3.05, 3.63) is 59.1 Å². The molecule has 30 heavy (non-hydrogen) atoms. The summed E-state index contributed by atoms with van der Waals surface area (Å²) >= 11 is 6.08. The molecule has 0 aromatic heterocycles. The monoisotopic (exact) mass is 472 g/mol. The van der Waals surface area contributed by atoms with Crippen molar-refractivity contribution in [3.8, 4) is 0 Å². The molecule has 2 aromatic rings. The van der Waals surface area contributed by atoms with Gasteiger partial charge >= 0.3 is 5.97 Å². The first-order chi connectivity index (χ1) is 14.1. The minimum absolute atomic E-state index is 0.00504. The zero-order valence-electron chi connectivity index (χ0n) is 16.1. The lowest BCUT2D eigenvalue weighted by atomic mass is 10.1. The summed E-state index contributed by atoms with van der Waals surface area (Å²) in [6, 6.07) is 11.5. The van der Waals surface area contributed by atoms with Crippen molar-refractivity contribution in [2.24, 2.45) is 0 Å². The van der Waals surface area contributed by atoms with Crippen LogP contribution in [0.1, 0.15) is 23.2 Å². The summed E-state index contributed by atoms with van der Waals surface area (Å²) in [7, 11) is -6.44. The van der Waals surface area contributed by atoms with Crippen LogP contribution in [-0.2, 0) is 24.8 Å². The Morgan fingerprint density at radius 1 is 1.07 bits per heavy atom. The van der Waals surface area contributed by atoms with Crippen LogP contribution >= 0.6 is 11.6 Å². The van der Waals surface area contributed by atoms with Crippen LogP contribution in [0.2, 0.25) is 5.02 Å². The van der Waals surface area contributed by atoms with E-state index in [1.54, 1.807) is 18.2 Å². The van der Waals surface area contributed by atoms with E-state index in [2.05, 4.69) is 9.46 Å². The molecule has 0 saturated carbocycles. The van der Waals surface area contributed by atoms with Gasteiger partial charge in [-0.1, -0.05) is 29.8 Å². The van der Waals surface area contributed by atoms with Gasteiger partial charge in [-0.3, -0.25) is 0 Å². The van der Waals surface area contributed by atoms with Crippen molar-refractivity contribution < 1.29 is 26.4 Å². The maximum atomic E-state index is 13.0. The van der Waals surface area contributed by atoms with Crippen LogP contribution in [0.5, 0.6) is 0 Å². The van der Waals surface area contributed by atoms with Crippen molar-refractivity contribution in [1.82, 2.24) is 9.03 Å². The predicted octanol–water partition coefficient (Wildman–Crippen LogP) is 2.26. The van der Waals surface area contributed by atoms with E-state index in [4.69, 9.17) is 11.6 Å². The van der Waals surface area contributed by atoms with Gasteiger partial charge in [0, 0.05) is 19.1 Å². The third-order valence-electron chi connectivity index (χ3n) is 4.80. The van der Waals surface area contributed by atoms with Crippen LogP contribution in [0.3, 0.4) is 0 Å². The van der Waals surface area contributed by atoms with Crippen LogP contribution in [0.4, 0.5) is 0 Å². The van der Waals surface area contributed by atoms with Gasteiger partial charge in [0.15, 0.2) is 0 Å². The largest absolute Gasteiger partial charge is 0.465 e. The molecule has 0 unspecified atom stereocenters. The number of piperidine rings is 1. The molecule has 0 amide bonds. The molecule has 1 aliphatic heterocycles. The average Bonchev–Trinajstić information content (AvgIpc) is 2.74. The van der Waals surface area contributed by atoms with Crippen molar-refractivity contribution in [2.75, 3.05) is 20.2 Å². The van der Waals surface area contributed by atoms with Gasteiger partial charge in [0.25, 0.3) is 0 Å². The van der Waals surface area contributed by atoms with E-state index in [1.165, 1.54) is 41.7 Å². The number of hydrogen-bond donors (Lipinski definition) is 1. The number of benzene rings is 2. The second kappa shape index (κ2) is 9.03. The molecule has 1 aliphatic rings. The molecule has 162 valence electrons. The standard InChI is InChI=1S/C19H21ClN2O6S2/c1-28-19(23)14-7-8-17(20)18(13-14)30(26,27)22-11-9-15(10-12-22)21-29(24,25)16-5-3-2-4-6-16/h2-8,13,15,21H,9-12H2,1H3. The highest BCUT2D eigenvalue weighted by molar-refractivity contribution is 7.89. The number of methoxy groups -OCH3 is 1. The van der Waals surface area contributed by atoms with E-state index < -0.39 is 32.1 Å². The highest BCUT2D eigenvalue weighted by atomic mass is 35.5. The number of sulfonamides is 2. The van der Waals surface area contributed by atoms with Gasteiger partial charge in [-0.15, -0.1) is 0 Å². The Hall–Kier alpha value is -1.98. The summed E-state index contributed by atoms with van der Waals surface area (Å²) in [5.41, 5.74) is 0.0750. The molecule has 0 atom stereocenters. The third-order valence-corrected chi connectivity index (χ3v) is 8.72. The lowest BCUT2D eigenvalue weighted by molar-refractivity contribution is 0.0600. The van der Waals surface area contributed by atoms with Crippen LogP contribution < -0.4 is 4.72 Å². The van der Waals surface area contributed by atoms with E-state index >= 15 is 0 Å². The Morgan fingerprint density at radius 2 is 1.70 bits per heavy atom. The van der Waals surface area contributed by atoms with E-state index in [0.29, 0.717) is 12.8 Å². The number of esters is 1. The van der Waals surface area contributed by atoms with Crippen LogP contribution in [0.25, 0.3) is 0 Å². The number of carbonyl (C=O) groups excluding carboxylic acids is 1. The van der Waals surface area contributed by atoms with E-state index in [9.17, 15) is 21.6 Å². The molecule has 0 aliphatic carbocycles. The number of nitrogens with one attached hydrogen (secondary N) is 1. The second-order valence-electron chi connectivity index (χ2n) is 6.75. The smallest absolute Gasteiger partial charge is 0.337 e. The molecule has 2 aromatic carbocycles. The van der Waals surface area contributed by atoms with Crippen LogP contribution in [0, 0.1) is 0 Å². The molecule has 0 bridgehead atoms. The van der Waals surface area contributed by atoms with E-state index in [1.807, 2.05) is 0 Å². The zero-order valence-corrected chi connectivity index (χ0v) is 18.5. The molecule has 0 spiro atoms. The summed E-state index contributed by atoms with van der Waals surface area (Å²) in [4.78, 5) is 11.7. The first-order valence-electron chi connectivity index (χ1n) is 9.10. The fraction of sp³-hybridized carbons (Fsp3) is 0.316. The lowest BCUT2D eigenvalue weighted by Crippen LogP contribution is -2.46. The van der Waals surface area contributed by atoms with Gasteiger partial charge in [0.1, 0.15) is 4.90 Å². The van der Waals surface area contributed by atoms with Gasteiger partial charge in [-0.25, -0.2) is 26.4 Å². The summed E-state index contributed by atoms with van der Waals surface area (Å²) in [6.07, 6.45) is 0.610.